The van der Waals surface area contributed by atoms with Gasteiger partial charge in [-0.25, -0.2) is 9.97 Å². The van der Waals surface area contributed by atoms with E-state index in [1.807, 2.05) is 21.6 Å². The molecule has 1 N–H and O–H groups in total. The highest BCUT2D eigenvalue weighted by molar-refractivity contribution is 6.41. The Morgan fingerprint density at radius 3 is 2.49 bits per heavy atom. The summed E-state index contributed by atoms with van der Waals surface area (Å²) in [6, 6.07) is 5.68. The van der Waals surface area contributed by atoms with E-state index in [-0.39, 0.29) is 5.91 Å². The first kappa shape index (κ1) is 30.4. The van der Waals surface area contributed by atoms with E-state index in [0.717, 1.165) is 43.6 Å². The number of imidazole rings is 1. The van der Waals surface area contributed by atoms with Gasteiger partial charge in [0, 0.05) is 67.7 Å². The Balaban J connectivity index is 1.51. The second kappa shape index (κ2) is 13.5. The summed E-state index contributed by atoms with van der Waals surface area (Å²) in [5, 5.41) is 13.4. The molecule has 0 saturated carbocycles. The van der Waals surface area contributed by atoms with Crippen LogP contribution in [0.4, 0.5) is 5.95 Å². The number of rotatable bonds is 11. The van der Waals surface area contributed by atoms with Crippen molar-refractivity contribution in [2.75, 3.05) is 58.8 Å². The Morgan fingerprint density at radius 2 is 1.84 bits per heavy atom. The number of benzene rings is 1. The molecule has 1 amide bonds. The number of anilines is 1. The van der Waals surface area contributed by atoms with Crippen molar-refractivity contribution < 1.29 is 14.3 Å². The maximum atomic E-state index is 11.9. The van der Waals surface area contributed by atoms with E-state index in [1.54, 1.807) is 12.3 Å². The lowest BCUT2D eigenvalue weighted by Gasteiger charge is -2.34. The van der Waals surface area contributed by atoms with E-state index in [2.05, 4.69) is 27.8 Å². The zero-order valence-electron chi connectivity index (χ0n) is 24.1. The number of nitriles is 1. The van der Waals surface area contributed by atoms with E-state index in [1.165, 1.54) is 20.3 Å². The van der Waals surface area contributed by atoms with Crippen LogP contribution in [0.2, 0.25) is 10.0 Å². The van der Waals surface area contributed by atoms with Gasteiger partial charge in [0.25, 0.3) is 0 Å². The second-order valence-corrected chi connectivity index (χ2v) is 10.8. The maximum Gasteiger partial charge on any atom is 0.246 e. The van der Waals surface area contributed by atoms with Gasteiger partial charge < -0.3 is 19.7 Å². The molecule has 4 aromatic rings. The number of nitrogens with one attached hydrogen (secondary N) is 1. The van der Waals surface area contributed by atoms with Crippen LogP contribution in [0.15, 0.2) is 37.2 Å². The van der Waals surface area contributed by atoms with Gasteiger partial charge in [-0.05, 0) is 31.5 Å². The van der Waals surface area contributed by atoms with Crippen LogP contribution in [0, 0.1) is 11.3 Å². The van der Waals surface area contributed by atoms with Gasteiger partial charge in [-0.3, -0.25) is 14.1 Å². The Bertz CT molecular complexity index is 1680. The molecule has 1 saturated heterocycles. The number of aryl methyl sites for hydroxylation is 1. The molecule has 1 aliphatic rings. The van der Waals surface area contributed by atoms with Crippen molar-refractivity contribution in [1.82, 2.24) is 29.2 Å². The van der Waals surface area contributed by atoms with E-state index in [0.29, 0.717) is 76.0 Å². The molecule has 0 aliphatic carbocycles. The molecular weight excluding hydrogens is 591 g/mol. The highest BCUT2D eigenvalue weighted by atomic mass is 35.5. The van der Waals surface area contributed by atoms with Crippen LogP contribution >= 0.6 is 23.2 Å². The fourth-order valence-corrected chi connectivity index (χ4v) is 5.93. The van der Waals surface area contributed by atoms with Gasteiger partial charge in [-0.15, -0.1) is 0 Å². The van der Waals surface area contributed by atoms with Crippen molar-refractivity contribution in [3.63, 3.8) is 0 Å². The lowest BCUT2D eigenvalue weighted by atomic mass is 10.0. The molecule has 5 rings (SSSR count). The van der Waals surface area contributed by atoms with Crippen LogP contribution in [0.5, 0.6) is 11.5 Å². The minimum atomic E-state index is -0.0199. The predicted molar refractivity (Wildman–Crippen MR) is 167 cm³/mol. The van der Waals surface area contributed by atoms with Gasteiger partial charge in [-0.2, -0.15) is 10.2 Å². The standard InChI is InChI=1S/C30H32Cl2N8O3/c1-4-24(41)39-13-11-38(12-14-39)10-5-7-20-18-40-28-19(17-35-30(37-28)34-9-6-8-33)15-21(29(40)36-20)25-26(31)22(42-2)16-23(43-3)27(25)32/h4,15-18H,1,5-7,9-14H2,2-3H3,(H,34,35,37). The summed E-state index contributed by atoms with van der Waals surface area (Å²) in [5.41, 5.74) is 3.38. The monoisotopic (exact) mass is 622 g/mol. The zero-order chi connectivity index (χ0) is 30.5. The number of ether oxygens (including phenoxy) is 2. The summed E-state index contributed by atoms with van der Waals surface area (Å²) in [7, 11) is 3.07. The number of amides is 1. The number of methoxy groups -OCH3 is 2. The average molecular weight is 624 g/mol. The largest absolute Gasteiger partial charge is 0.495 e. The van der Waals surface area contributed by atoms with E-state index in [9.17, 15) is 4.79 Å². The average Bonchev–Trinajstić information content (AvgIpc) is 3.46. The van der Waals surface area contributed by atoms with Gasteiger partial charge in [0.15, 0.2) is 5.65 Å². The van der Waals surface area contributed by atoms with Crippen molar-refractivity contribution in [3.05, 3.63) is 52.9 Å². The fourth-order valence-electron chi connectivity index (χ4n) is 5.22. The Hall–Kier alpha value is -4.11. The normalized spacial score (nSPS) is 13.7. The third kappa shape index (κ3) is 6.32. The predicted octanol–water partition coefficient (Wildman–Crippen LogP) is 4.86. The molecule has 0 unspecified atom stereocenters. The molecule has 3 aromatic heterocycles. The number of hydrogen-bond donors (Lipinski definition) is 1. The van der Waals surface area contributed by atoms with Crippen LogP contribution in [0.3, 0.4) is 0 Å². The van der Waals surface area contributed by atoms with Crippen molar-refractivity contribution in [3.8, 4) is 28.7 Å². The fraction of sp³-hybridized carbons (Fsp3) is 0.367. The molecule has 11 nitrogen and oxygen atoms in total. The lowest BCUT2D eigenvalue weighted by molar-refractivity contribution is -0.127. The SMILES string of the molecule is C=CC(=O)N1CCN(CCCc2cn3c(n2)c(-c2c(Cl)c(OC)cc(OC)c2Cl)cc2cnc(NCCC#N)nc23)CC1. The van der Waals surface area contributed by atoms with Crippen molar-refractivity contribution in [1.29, 1.82) is 5.26 Å². The molecule has 1 aromatic carbocycles. The van der Waals surface area contributed by atoms with E-state index >= 15 is 0 Å². The van der Waals surface area contributed by atoms with E-state index < -0.39 is 0 Å². The zero-order valence-corrected chi connectivity index (χ0v) is 25.6. The number of pyridine rings is 1. The first-order valence-corrected chi connectivity index (χ1v) is 14.7. The Morgan fingerprint density at radius 1 is 1.12 bits per heavy atom. The van der Waals surface area contributed by atoms with Gasteiger partial charge >= 0.3 is 0 Å². The number of carbonyl (C=O) groups is 1. The van der Waals surface area contributed by atoms with E-state index in [4.69, 9.17) is 47.9 Å². The third-order valence-corrected chi connectivity index (χ3v) is 8.20. The van der Waals surface area contributed by atoms with Crippen LogP contribution in [0.1, 0.15) is 18.5 Å². The summed E-state index contributed by atoms with van der Waals surface area (Å²) in [4.78, 5) is 30.3. The van der Waals surface area contributed by atoms with Crippen LogP contribution in [-0.4, -0.2) is 88.5 Å². The highest BCUT2D eigenvalue weighted by Crippen LogP contribution is 2.47. The quantitative estimate of drug-likeness (QED) is 0.185. The van der Waals surface area contributed by atoms with Crippen LogP contribution in [-0.2, 0) is 11.2 Å². The number of piperazine rings is 1. The maximum absolute atomic E-state index is 11.9. The minimum absolute atomic E-state index is 0.0199. The Labute approximate surface area is 259 Å². The third-order valence-electron chi connectivity index (χ3n) is 7.45. The molecule has 224 valence electrons. The summed E-state index contributed by atoms with van der Waals surface area (Å²) < 4.78 is 13.0. The molecule has 0 spiro atoms. The highest BCUT2D eigenvalue weighted by Gasteiger charge is 2.24. The molecule has 43 heavy (non-hydrogen) atoms. The summed E-state index contributed by atoms with van der Waals surface area (Å²) in [6.45, 7) is 7.95. The molecule has 0 radical (unpaired) electrons. The minimum Gasteiger partial charge on any atom is -0.495 e. The van der Waals surface area contributed by atoms with Gasteiger partial charge in [0.05, 0.1) is 42.4 Å². The molecule has 1 aliphatic heterocycles. The van der Waals surface area contributed by atoms with Crippen LogP contribution < -0.4 is 14.8 Å². The first-order chi connectivity index (χ1) is 20.9. The molecule has 0 atom stereocenters. The van der Waals surface area contributed by atoms with Crippen molar-refractivity contribution in [2.45, 2.75) is 19.3 Å². The summed E-state index contributed by atoms with van der Waals surface area (Å²) in [6.07, 6.45) is 7.02. The topological polar surface area (TPSA) is 121 Å². The molecule has 4 heterocycles. The number of carbonyl (C=O) groups excluding carboxylic acids is 1. The molecular formula is C30H32Cl2N8O3. The smallest absolute Gasteiger partial charge is 0.246 e. The molecule has 13 heteroatoms. The first-order valence-electron chi connectivity index (χ1n) is 13.9. The lowest BCUT2D eigenvalue weighted by Crippen LogP contribution is -2.48. The van der Waals surface area contributed by atoms with Gasteiger partial charge in [0.1, 0.15) is 17.1 Å². The van der Waals surface area contributed by atoms with Crippen molar-refractivity contribution in [2.24, 2.45) is 0 Å². The summed E-state index contributed by atoms with van der Waals surface area (Å²) in [5.74, 6) is 1.24. The summed E-state index contributed by atoms with van der Waals surface area (Å²) >= 11 is 13.7. The van der Waals surface area contributed by atoms with Gasteiger partial charge in [-0.1, -0.05) is 29.8 Å². The second-order valence-electron chi connectivity index (χ2n) is 10.0. The van der Waals surface area contributed by atoms with Crippen molar-refractivity contribution >= 4 is 51.7 Å². The molecule has 0 bridgehead atoms. The number of halogens is 2. The number of aromatic nitrogens is 4. The number of nitrogens with zero attached hydrogens (tertiary/aromatic N) is 7. The molecule has 1 fully saturated rings. The Kier molecular flexibility index (Phi) is 9.50. The number of hydrogen-bond acceptors (Lipinski definition) is 9. The number of fused-ring (bicyclic) bond motifs is 3. The van der Waals surface area contributed by atoms with Crippen LogP contribution in [0.25, 0.3) is 27.8 Å². The van der Waals surface area contributed by atoms with Gasteiger partial charge in [0.2, 0.25) is 11.9 Å².